The van der Waals surface area contributed by atoms with E-state index in [0.717, 1.165) is 24.8 Å². The monoisotopic (exact) mass is 234 g/mol. The summed E-state index contributed by atoms with van der Waals surface area (Å²) in [5.41, 5.74) is 2.45. The van der Waals surface area contributed by atoms with Crippen molar-refractivity contribution in [1.29, 1.82) is 0 Å². The van der Waals surface area contributed by atoms with E-state index in [0.29, 0.717) is 5.92 Å². The molecule has 1 nitrogen and oxygen atoms in total. The average Bonchev–Trinajstić information content (AvgIpc) is 2.38. The van der Waals surface area contributed by atoms with Crippen molar-refractivity contribution in [3.8, 4) is 0 Å². The van der Waals surface area contributed by atoms with Crippen molar-refractivity contribution >= 4 is 0 Å². The fraction of sp³-hybridized carbons (Fsp3) is 0.625. The summed E-state index contributed by atoms with van der Waals surface area (Å²) in [5, 5.41) is 10.2. The quantitative estimate of drug-likeness (QED) is 0.736. The first-order chi connectivity index (χ1) is 8.22. The largest absolute Gasteiger partial charge is 0.388 e. The van der Waals surface area contributed by atoms with Crippen LogP contribution in [0, 0.1) is 5.92 Å². The van der Waals surface area contributed by atoms with Gasteiger partial charge in [0.25, 0.3) is 0 Å². The Morgan fingerprint density at radius 2 is 1.59 bits per heavy atom. The molecule has 1 unspecified atom stereocenters. The van der Waals surface area contributed by atoms with Crippen molar-refractivity contribution in [3.05, 3.63) is 35.4 Å². The standard InChI is InChI=1S/C16H26O/c1-4-7-8-13-9-11-15(12-10-13)16(17)14(5-2)6-3/h9-12,14,16-17H,4-8H2,1-3H3. The molecule has 0 aliphatic carbocycles. The molecule has 0 heterocycles. The molecule has 0 aromatic heterocycles. The Kier molecular flexibility index (Phi) is 6.28. The van der Waals surface area contributed by atoms with Crippen LogP contribution >= 0.6 is 0 Å². The number of aliphatic hydroxyl groups is 1. The Labute approximate surface area is 106 Å². The van der Waals surface area contributed by atoms with E-state index in [2.05, 4.69) is 45.0 Å². The second kappa shape index (κ2) is 7.50. The molecular weight excluding hydrogens is 208 g/mol. The van der Waals surface area contributed by atoms with Crippen LogP contribution in [0.5, 0.6) is 0 Å². The predicted molar refractivity (Wildman–Crippen MR) is 74.1 cm³/mol. The molecule has 0 spiro atoms. The first kappa shape index (κ1) is 14.2. The summed E-state index contributed by atoms with van der Waals surface area (Å²) in [7, 11) is 0. The Balaban J connectivity index is 2.66. The molecule has 1 atom stereocenters. The van der Waals surface area contributed by atoms with E-state index in [1.165, 1.54) is 18.4 Å². The number of aliphatic hydroxyl groups excluding tert-OH is 1. The van der Waals surface area contributed by atoms with Gasteiger partial charge < -0.3 is 5.11 Å². The van der Waals surface area contributed by atoms with E-state index >= 15 is 0 Å². The molecule has 96 valence electrons. The summed E-state index contributed by atoms with van der Waals surface area (Å²) < 4.78 is 0. The molecule has 0 saturated heterocycles. The Bertz CT molecular complexity index is 298. The minimum atomic E-state index is -0.301. The van der Waals surface area contributed by atoms with Gasteiger partial charge in [-0.1, -0.05) is 64.3 Å². The summed E-state index contributed by atoms with van der Waals surface area (Å²) in [5.74, 6) is 0.386. The van der Waals surface area contributed by atoms with Crippen LogP contribution in [0.2, 0.25) is 0 Å². The fourth-order valence-electron chi connectivity index (χ4n) is 2.27. The smallest absolute Gasteiger partial charge is 0.0818 e. The van der Waals surface area contributed by atoms with Crippen molar-refractivity contribution < 1.29 is 5.11 Å². The zero-order valence-corrected chi connectivity index (χ0v) is 11.4. The Morgan fingerprint density at radius 1 is 1.00 bits per heavy atom. The molecule has 0 aliphatic rings. The van der Waals surface area contributed by atoms with Crippen molar-refractivity contribution in [3.63, 3.8) is 0 Å². The van der Waals surface area contributed by atoms with Gasteiger partial charge in [-0.3, -0.25) is 0 Å². The van der Waals surface area contributed by atoms with Crippen molar-refractivity contribution in [2.75, 3.05) is 0 Å². The number of aryl methyl sites for hydroxylation is 1. The highest BCUT2D eigenvalue weighted by Crippen LogP contribution is 2.27. The zero-order valence-electron chi connectivity index (χ0n) is 11.4. The lowest BCUT2D eigenvalue weighted by Crippen LogP contribution is -2.10. The van der Waals surface area contributed by atoms with Gasteiger partial charge in [0.2, 0.25) is 0 Å². The topological polar surface area (TPSA) is 20.2 Å². The van der Waals surface area contributed by atoms with Gasteiger partial charge in [-0.25, -0.2) is 0 Å². The van der Waals surface area contributed by atoms with Gasteiger partial charge in [0.05, 0.1) is 6.10 Å². The Hall–Kier alpha value is -0.820. The second-order valence-electron chi connectivity index (χ2n) is 4.87. The molecule has 1 aromatic rings. The Morgan fingerprint density at radius 3 is 2.06 bits per heavy atom. The third-order valence-corrected chi connectivity index (χ3v) is 3.64. The molecule has 0 aliphatic heterocycles. The molecule has 0 bridgehead atoms. The van der Waals surface area contributed by atoms with Crippen LogP contribution in [0.15, 0.2) is 24.3 Å². The van der Waals surface area contributed by atoms with Gasteiger partial charge >= 0.3 is 0 Å². The van der Waals surface area contributed by atoms with Crippen LogP contribution in [-0.4, -0.2) is 5.11 Å². The molecule has 0 amide bonds. The third-order valence-electron chi connectivity index (χ3n) is 3.64. The highest BCUT2D eigenvalue weighted by atomic mass is 16.3. The molecule has 1 heteroatoms. The average molecular weight is 234 g/mol. The van der Waals surface area contributed by atoms with Crippen LogP contribution in [-0.2, 0) is 6.42 Å². The lowest BCUT2D eigenvalue weighted by Gasteiger charge is -2.20. The molecule has 1 aromatic carbocycles. The van der Waals surface area contributed by atoms with Gasteiger partial charge in [0.15, 0.2) is 0 Å². The molecule has 0 radical (unpaired) electrons. The van der Waals surface area contributed by atoms with Crippen LogP contribution in [0.4, 0.5) is 0 Å². The lowest BCUT2D eigenvalue weighted by molar-refractivity contribution is 0.103. The first-order valence-electron chi connectivity index (χ1n) is 6.99. The summed E-state index contributed by atoms with van der Waals surface area (Å²) >= 11 is 0. The molecular formula is C16H26O. The van der Waals surface area contributed by atoms with E-state index < -0.39 is 0 Å². The normalized spacial score (nSPS) is 13.0. The summed E-state index contributed by atoms with van der Waals surface area (Å²) in [4.78, 5) is 0. The molecule has 1 rings (SSSR count). The van der Waals surface area contributed by atoms with Crippen LogP contribution < -0.4 is 0 Å². The van der Waals surface area contributed by atoms with E-state index in [1.54, 1.807) is 0 Å². The van der Waals surface area contributed by atoms with Crippen LogP contribution in [0.1, 0.15) is 63.7 Å². The number of benzene rings is 1. The highest BCUT2D eigenvalue weighted by molar-refractivity contribution is 5.24. The van der Waals surface area contributed by atoms with Crippen molar-refractivity contribution in [2.24, 2.45) is 5.92 Å². The van der Waals surface area contributed by atoms with Gasteiger partial charge in [-0.15, -0.1) is 0 Å². The third kappa shape index (κ3) is 4.16. The van der Waals surface area contributed by atoms with E-state index in [4.69, 9.17) is 0 Å². The van der Waals surface area contributed by atoms with Gasteiger partial charge in [0.1, 0.15) is 0 Å². The minimum Gasteiger partial charge on any atom is -0.388 e. The van der Waals surface area contributed by atoms with E-state index in [1.807, 2.05) is 0 Å². The minimum absolute atomic E-state index is 0.301. The summed E-state index contributed by atoms with van der Waals surface area (Å²) in [6.45, 7) is 6.51. The molecule has 1 N–H and O–H groups in total. The highest BCUT2D eigenvalue weighted by Gasteiger charge is 2.16. The van der Waals surface area contributed by atoms with Gasteiger partial charge in [-0.05, 0) is 29.9 Å². The lowest BCUT2D eigenvalue weighted by atomic mass is 9.91. The molecule has 0 saturated carbocycles. The maximum Gasteiger partial charge on any atom is 0.0818 e. The summed E-state index contributed by atoms with van der Waals surface area (Å²) in [6.07, 6.45) is 5.40. The van der Waals surface area contributed by atoms with Gasteiger partial charge in [0, 0.05) is 0 Å². The number of rotatable bonds is 7. The molecule has 17 heavy (non-hydrogen) atoms. The van der Waals surface area contributed by atoms with Crippen molar-refractivity contribution in [1.82, 2.24) is 0 Å². The summed E-state index contributed by atoms with van der Waals surface area (Å²) in [6, 6.07) is 8.51. The number of unbranched alkanes of at least 4 members (excludes halogenated alkanes) is 1. The number of hydrogen-bond donors (Lipinski definition) is 1. The van der Waals surface area contributed by atoms with Crippen molar-refractivity contribution in [2.45, 2.75) is 59.0 Å². The second-order valence-corrected chi connectivity index (χ2v) is 4.87. The van der Waals surface area contributed by atoms with E-state index in [9.17, 15) is 5.11 Å². The van der Waals surface area contributed by atoms with E-state index in [-0.39, 0.29) is 6.10 Å². The van der Waals surface area contributed by atoms with Crippen LogP contribution in [0.25, 0.3) is 0 Å². The fourth-order valence-corrected chi connectivity index (χ4v) is 2.27. The SMILES string of the molecule is CCCCc1ccc(C(O)C(CC)CC)cc1. The predicted octanol–water partition coefficient (Wildman–Crippen LogP) is 4.50. The maximum absolute atomic E-state index is 10.2. The maximum atomic E-state index is 10.2. The first-order valence-corrected chi connectivity index (χ1v) is 6.99. The number of hydrogen-bond acceptors (Lipinski definition) is 1. The molecule has 0 fully saturated rings. The zero-order chi connectivity index (χ0) is 12.7. The van der Waals surface area contributed by atoms with Gasteiger partial charge in [-0.2, -0.15) is 0 Å². The van der Waals surface area contributed by atoms with Crippen LogP contribution in [0.3, 0.4) is 0 Å².